The van der Waals surface area contributed by atoms with Crippen LogP contribution in [0.15, 0.2) is 48.5 Å². The Morgan fingerprint density at radius 1 is 1.07 bits per heavy atom. The van der Waals surface area contributed by atoms with Crippen LogP contribution in [0.3, 0.4) is 0 Å². The van der Waals surface area contributed by atoms with Gasteiger partial charge in [-0.25, -0.2) is 9.97 Å². The van der Waals surface area contributed by atoms with E-state index in [0.717, 1.165) is 27.5 Å². The van der Waals surface area contributed by atoms with Gasteiger partial charge in [-0.15, -0.1) is 11.3 Å². The molecule has 4 aromatic rings. The van der Waals surface area contributed by atoms with Crippen LogP contribution in [-0.4, -0.2) is 17.1 Å². The predicted molar refractivity (Wildman–Crippen MR) is 117 cm³/mol. The van der Waals surface area contributed by atoms with Crippen molar-refractivity contribution in [3.05, 3.63) is 75.4 Å². The molecular weight excluding hydrogens is 390 g/mol. The minimum atomic E-state index is 0.635. The Labute approximate surface area is 173 Å². The summed E-state index contributed by atoms with van der Waals surface area (Å²) in [7, 11) is 1.64. The molecule has 0 aliphatic rings. The largest absolute Gasteiger partial charge is 0.495 e. The maximum atomic E-state index is 6.21. The molecule has 0 saturated carbocycles. The van der Waals surface area contributed by atoms with Gasteiger partial charge in [0.15, 0.2) is 0 Å². The molecule has 2 aromatic heterocycles. The molecular formula is C22H20ClN3OS. The molecule has 1 N–H and O–H groups in total. The first-order valence-electron chi connectivity index (χ1n) is 8.96. The maximum Gasteiger partial charge on any atom is 0.143 e. The Bertz CT molecular complexity index is 1140. The van der Waals surface area contributed by atoms with Crippen molar-refractivity contribution in [2.24, 2.45) is 0 Å². The average molecular weight is 410 g/mol. The molecule has 4 rings (SSSR count). The molecule has 0 aliphatic heterocycles. The monoisotopic (exact) mass is 409 g/mol. The number of aryl methyl sites for hydroxylation is 2. The van der Waals surface area contributed by atoms with Gasteiger partial charge in [-0.05, 0) is 43.2 Å². The van der Waals surface area contributed by atoms with Gasteiger partial charge >= 0.3 is 0 Å². The Morgan fingerprint density at radius 3 is 2.61 bits per heavy atom. The lowest BCUT2D eigenvalue weighted by Gasteiger charge is -2.13. The molecule has 0 atom stereocenters. The van der Waals surface area contributed by atoms with Gasteiger partial charge in [0.05, 0.1) is 18.2 Å². The molecule has 0 radical (unpaired) electrons. The normalized spacial score (nSPS) is 11.0. The summed E-state index contributed by atoms with van der Waals surface area (Å²) in [6.07, 6.45) is 0.675. The van der Waals surface area contributed by atoms with Gasteiger partial charge in [-0.3, -0.25) is 0 Å². The Hall–Kier alpha value is -2.63. The van der Waals surface area contributed by atoms with Gasteiger partial charge in [0.1, 0.15) is 22.2 Å². The van der Waals surface area contributed by atoms with Crippen molar-refractivity contribution < 1.29 is 4.74 Å². The number of rotatable bonds is 5. The summed E-state index contributed by atoms with van der Waals surface area (Å²) >= 11 is 7.90. The van der Waals surface area contributed by atoms with E-state index in [1.165, 1.54) is 16.0 Å². The van der Waals surface area contributed by atoms with Crippen LogP contribution in [0.1, 0.15) is 21.8 Å². The number of anilines is 2. The smallest absolute Gasteiger partial charge is 0.143 e. The number of nitrogens with one attached hydrogen (secondary N) is 1. The molecule has 2 aromatic carbocycles. The maximum absolute atomic E-state index is 6.21. The minimum absolute atomic E-state index is 0.635. The fourth-order valence-corrected chi connectivity index (χ4v) is 4.37. The molecule has 0 fully saturated rings. The van der Waals surface area contributed by atoms with Gasteiger partial charge in [0, 0.05) is 16.3 Å². The van der Waals surface area contributed by atoms with Crippen LogP contribution >= 0.6 is 22.9 Å². The Morgan fingerprint density at radius 2 is 1.86 bits per heavy atom. The number of methoxy groups -OCH3 is 1. The van der Waals surface area contributed by atoms with Crippen LogP contribution in [0.2, 0.25) is 5.02 Å². The van der Waals surface area contributed by atoms with Gasteiger partial charge < -0.3 is 10.1 Å². The lowest BCUT2D eigenvalue weighted by molar-refractivity contribution is 0.417. The van der Waals surface area contributed by atoms with E-state index < -0.39 is 0 Å². The second kappa shape index (κ2) is 7.78. The van der Waals surface area contributed by atoms with E-state index in [0.29, 0.717) is 17.2 Å². The van der Waals surface area contributed by atoms with Crippen molar-refractivity contribution in [3.8, 4) is 5.75 Å². The van der Waals surface area contributed by atoms with Crippen molar-refractivity contribution in [3.63, 3.8) is 0 Å². The third-order valence-corrected chi connectivity index (χ3v) is 6.03. The van der Waals surface area contributed by atoms with Gasteiger partial charge in [-0.1, -0.05) is 41.9 Å². The number of hydrogen-bond donors (Lipinski definition) is 1. The fourth-order valence-electron chi connectivity index (χ4n) is 3.15. The van der Waals surface area contributed by atoms with Gasteiger partial charge in [-0.2, -0.15) is 0 Å². The highest BCUT2D eigenvalue weighted by Crippen LogP contribution is 2.37. The lowest BCUT2D eigenvalue weighted by Crippen LogP contribution is -2.03. The number of fused-ring (bicyclic) bond motifs is 1. The van der Waals surface area contributed by atoms with E-state index in [9.17, 15) is 0 Å². The second-order valence-electron chi connectivity index (χ2n) is 6.58. The van der Waals surface area contributed by atoms with E-state index in [2.05, 4.69) is 31.3 Å². The topological polar surface area (TPSA) is 47.0 Å². The first-order valence-corrected chi connectivity index (χ1v) is 10.2. The Balaban J connectivity index is 1.82. The number of thiophene rings is 1. The molecule has 0 amide bonds. The number of benzene rings is 2. The number of halogens is 1. The highest BCUT2D eigenvalue weighted by molar-refractivity contribution is 7.18. The van der Waals surface area contributed by atoms with Crippen LogP contribution in [0.4, 0.5) is 11.5 Å². The van der Waals surface area contributed by atoms with Crippen molar-refractivity contribution >= 4 is 44.7 Å². The highest BCUT2D eigenvalue weighted by Gasteiger charge is 2.16. The second-order valence-corrected chi connectivity index (χ2v) is 8.22. The summed E-state index contributed by atoms with van der Waals surface area (Å²) in [6, 6.07) is 15.8. The van der Waals surface area contributed by atoms with Crippen molar-refractivity contribution in [1.82, 2.24) is 9.97 Å². The molecule has 6 heteroatoms. The van der Waals surface area contributed by atoms with E-state index in [1.807, 2.05) is 36.4 Å². The molecule has 142 valence electrons. The number of aromatic nitrogens is 2. The molecule has 0 bridgehead atoms. The standard InChI is InChI=1S/C22H20ClN3OS/c1-13-14(2)28-22-20(13)21(24-17-12-16(23)9-10-18(17)27-3)25-19(26-22)11-15-7-5-4-6-8-15/h4-10,12H,11H2,1-3H3,(H,24,25,26). The molecule has 0 spiro atoms. The summed E-state index contributed by atoms with van der Waals surface area (Å²) < 4.78 is 5.48. The third-order valence-electron chi connectivity index (χ3n) is 4.69. The predicted octanol–water partition coefficient (Wildman–Crippen LogP) is 6.30. The first-order chi connectivity index (χ1) is 13.5. The number of hydrogen-bond acceptors (Lipinski definition) is 5. The van der Waals surface area contributed by atoms with Crippen LogP contribution in [0.25, 0.3) is 10.2 Å². The molecule has 0 unspecified atom stereocenters. The SMILES string of the molecule is COc1ccc(Cl)cc1Nc1nc(Cc2ccccc2)nc2sc(C)c(C)c12. The van der Waals surface area contributed by atoms with Crippen LogP contribution in [-0.2, 0) is 6.42 Å². The van der Waals surface area contributed by atoms with Crippen molar-refractivity contribution in [2.75, 3.05) is 12.4 Å². The number of nitrogens with zero attached hydrogens (tertiary/aromatic N) is 2. The fraction of sp³-hybridized carbons (Fsp3) is 0.182. The van der Waals surface area contributed by atoms with Gasteiger partial charge in [0.2, 0.25) is 0 Å². The quantitative estimate of drug-likeness (QED) is 0.420. The van der Waals surface area contributed by atoms with Crippen LogP contribution in [0, 0.1) is 13.8 Å². The van der Waals surface area contributed by atoms with Gasteiger partial charge in [0.25, 0.3) is 0 Å². The molecule has 0 saturated heterocycles. The zero-order valence-electron chi connectivity index (χ0n) is 15.9. The van der Waals surface area contributed by atoms with E-state index in [-0.39, 0.29) is 0 Å². The summed E-state index contributed by atoms with van der Waals surface area (Å²) in [6.45, 7) is 4.22. The molecule has 4 nitrogen and oxygen atoms in total. The van der Waals surface area contributed by atoms with E-state index >= 15 is 0 Å². The zero-order valence-corrected chi connectivity index (χ0v) is 17.5. The van der Waals surface area contributed by atoms with Crippen molar-refractivity contribution in [2.45, 2.75) is 20.3 Å². The number of ether oxygens (including phenoxy) is 1. The molecule has 0 aliphatic carbocycles. The highest BCUT2D eigenvalue weighted by atomic mass is 35.5. The third kappa shape index (κ3) is 3.68. The van der Waals surface area contributed by atoms with Crippen molar-refractivity contribution in [1.29, 1.82) is 0 Å². The summed E-state index contributed by atoms with van der Waals surface area (Å²) in [5.74, 6) is 2.27. The summed E-state index contributed by atoms with van der Waals surface area (Å²) in [4.78, 5) is 11.9. The molecule has 28 heavy (non-hydrogen) atoms. The molecule has 2 heterocycles. The summed E-state index contributed by atoms with van der Waals surface area (Å²) in [5, 5.41) is 5.11. The van der Waals surface area contributed by atoms with Crippen LogP contribution < -0.4 is 10.1 Å². The Kier molecular flexibility index (Phi) is 5.20. The zero-order chi connectivity index (χ0) is 19.7. The van der Waals surface area contributed by atoms with E-state index in [1.54, 1.807) is 18.4 Å². The van der Waals surface area contributed by atoms with Crippen LogP contribution in [0.5, 0.6) is 5.75 Å². The minimum Gasteiger partial charge on any atom is -0.495 e. The average Bonchev–Trinajstić information content (AvgIpc) is 2.97. The summed E-state index contributed by atoms with van der Waals surface area (Å²) in [5.41, 5.74) is 3.15. The van der Waals surface area contributed by atoms with E-state index in [4.69, 9.17) is 26.3 Å². The first kappa shape index (κ1) is 18.7. The lowest BCUT2D eigenvalue weighted by atomic mass is 10.1.